The molecule has 0 fully saturated rings. The fourth-order valence-corrected chi connectivity index (χ4v) is 3.42. The maximum absolute atomic E-state index is 6.14. The number of hydrogen-bond acceptors (Lipinski definition) is 5. The predicted molar refractivity (Wildman–Crippen MR) is 95.9 cm³/mol. The highest BCUT2D eigenvalue weighted by atomic mass is 16.3. The van der Waals surface area contributed by atoms with E-state index >= 15 is 0 Å². The van der Waals surface area contributed by atoms with Crippen molar-refractivity contribution in [3.63, 3.8) is 0 Å². The van der Waals surface area contributed by atoms with Crippen LogP contribution in [0.25, 0.3) is 22.1 Å². The van der Waals surface area contributed by atoms with Crippen LogP contribution in [0.15, 0.2) is 53.1 Å². The van der Waals surface area contributed by atoms with Crippen LogP contribution in [0, 0.1) is 6.92 Å². The fourth-order valence-electron chi connectivity index (χ4n) is 3.42. The van der Waals surface area contributed by atoms with E-state index in [1.165, 1.54) is 0 Å². The van der Waals surface area contributed by atoms with Crippen molar-refractivity contribution in [2.75, 3.05) is 23.5 Å². The Bertz CT molecular complexity index is 1090. The van der Waals surface area contributed by atoms with Crippen molar-refractivity contribution in [3.05, 3.63) is 54.4 Å². The Kier molecular flexibility index (Phi) is 2.62. The van der Waals surface area contributed by atoms with E-state index < -0.39 is 0 Å². The van der Waals surface area contributed by atoms with E-state index in [0.717, 1.165) is 45.9 Å². The van der Waals surface area contributed by atoms with Gasteiger partial charge in [0.05, 0.1) is 18.0 Å². The van der Waals surface area contributed by atoms with Gasteiger partial charge in [-0.15, -0.1) is 0 Å². The van der Waals surface area contributed by atoms with E-state index in [2.05, 4.69) is 57.1 Å². The average molecular weight is 316 g/mol. The maximum atomic E-state index is 6.14. The van der Waals surface area contributed by atoms with Crippen molar-refractivity contribution >= 4 is 39.3 Å². The Morgan fingerprint density at radius 3 is 2.79 bits per heavy atom. The molecule has 4 aromatic rings. The molecular weight excluding hydrogens is 300 g/mol. The van der Waals surface area contributed by atoms with Crippen LogP contribution in [0.3, 0.4) is 0 Å². The molecule has 0 aliphatic carbocycles. The monoisotopic (exact) mass is 316 g/mol. The number of para-hydroxylation sites is 1. The second-order valence-corrected chi connectivity index (χ2v) is 6.17. The van der Waals surface area contributed by atoms with Gasteiger partial charge in [-0.05, 0) is 37.3 Å². The number of benzene rings is 1. The van der Waals surface area contributed by atoms with Gasteiger partial charge in [0.15, 0.2) is 11.4 Å². The molecular formula is C19H16N4O. The number of pyridine rings is 2. The summed E-state index contributed by atoms with van der Waals surface area (Å²) in [6.45, 7) is 2.72. The molecule has 0 saturated carbocycles. The van der Waals surface area contributed by atoms with Gasteiger partial charge in [-0.3, -0.25) is 0 Å². The molecule has 5 nitrogen and oxygen atoms in total. The summed E-state index contributed by atoms with van der Waals surface area (Å²) in [6.07, 6.45) is 1.83. The van der Waals surface area contributed by atoms with Gasteiger partial charge in [-0.2, -0.15) is 0 Å². The molecule has 3 aromatic heterocycles. The number of anilines is 3. The summed E-state index contributed by atoms with van der Waals surface area (Å²) in [5.74, 6) is 0.986. The zero-order valence-electron chi connectivity index (χ0n) is 13.5. The van der Waals surface area contributed by atoms with Crippen molar-refractivity contribution in [1.82, 2.24) is 9.97 Å². The molecule has 0 spiro atoms. The highest BCUT2D eigenvalue weighted by molar-refractivity contribution is 6.09. The van der Waals surface area contributed by atoms with Gasteiger partial charge in [0.2, 0.25) is 5.71 Å². The van der Waals surface area contributed by atoms with Gasteiger partial charge >= 0.3 is 0 Å². The van der Waals surface area contributed by atoms with E-state index in [9.17, 15) is 0 Å². The van der Waals surface area contributed by atoms with Crippen LogP contribution < -0.4 is 9.80 Å². The third-order valence-corrected chi connectivity index (χ3v) is 4.55. The topological polar surface area (TPSA) is 45.4 Å². The van der Waals surface area contributed by atoms with Gasteiger partial charge in [0, 0.05) is 29.7 Å². The van der Waals surface area contributed by atoms with Crippen molar-refractivity contribution in [1.29, 1.82) is 0 Å². The molecule has 118 valence electrons. The van der Waals surface area contributed by atoms with Crippen LogP contribution in [-0.4, -0.2) is 23.7 Å². The average Bonchev–Trinajstić information content (AvgIpc) is 3.12. The van der Waals surface area contributed by atoms with Gasteiger partial charge < -0.3 is 14.2 Å². The minimum atomic E-state index is 0.691. The number of fused-ring (bicyclic) bond motifs is 4. The minimum Gasteiger partial charge on any atom is -0.435 e. The normalized spacial score (nSPS) is 13.9. The molecule has 1 aliphatic heterocycles. The molecule has 0 saturated heterocycles. The van der Waals surface area contributed by atoms with Crippen LogP contribution in [0.2, 0.25) is 0 Å². The van der Waals surface area contributed by atoms with Crippen molar-refractivity contribution in [2.45, 2.75) is 6.92 Å². The Labute approximate surface area is 139 Å². The van der Waals surface area contributed by atoms with Crippen LogP contribution in [0.5, 0.6) is 0 Å². The molecule has 24 heavy (non-hydrogen) atoms. The van der Waals surface area contributed by atoms with E-state index in [0.29, 0.717) is 5.71 Å². The molecule has 5 heteroatoms. The lowest BCUT2D eigenvalue weighted by molar-refractivity contribution is 0.652. The Balaban J connectivity index is 1.78. The first-order valence-corrected chi connectivity index (χ1v) is 7.95. The fraction of sp³-hybridized carbons (Fsp3) is 0.158. The number of hydrogen-bond donors (Lipinski definition) is 0. The summed E-state index contributed by atoms with van der Waals surface area (Å²) in [5.41, 5.74) is 4.66. The second-order valence-electron chi connectivity index (χ2n) is 6.17. The number of furan rings is 1. The molecule has 4 heterocycles. The Hall–Kier alpha value is -3.08. The standard InChI is InChI=1S/C19H16N4O/c1-12-8-9-14-13-5-3-6-15(17(13)24-19(14)21-12)23-11-22(2)18-16(23)7-4-10-20-18/h3-10H,11H2,1-2H3. The van der Waals surface area contributed by atoms with Gasteiger partial charge in [-0.1, -0.05) is 12.1 Å². The van der Waals surface area contributed by atoms with E-state index in [1.54, 1.807) is 0 Å². The summed E-state index contributed by atoms with van der Waals surface area (Å²) in [6, 6.07) is 14.4. The lowest BCUT2D eigenvalue weighted by Crippen LogP contribution is -2.24. The minimum absolute atomic E-state index is 0.691. The predicted octanol–water partition coefficient (Wildman–Crippen LogP) is 4.23. The van der Waals surface area contributed by atoms with Crippen molar-refractivity contribution in [2.24, 2.45) is 0 Å². The van der Waals surface area contributed by atoms with Gasteiger partial charge in [0.1, 0.15) is 0 Å². The summed E-state index contributed by atoms with van der Waals surface area (Å²) in [7, 11) is 2.05. The lowest BCUT2D eigenvalue weighted by Gasteiger charge is -2.19. The largest absolute Gasteiger partial charge is 0.435 e. The summed E-state index contributed by atoms with van der Waals surface area (Å²) in [5, 5.41) is 2.14. The summed E-state index contributed by atoms with van der Waals surface area (Å²) < 4.78 is 6.14. The SMILES string of the molecule is Cc1ccc2c(n1)oc1c(N3CN(C)c4ncccc43)cccc12. The molecule has 0 N–H and O–H groups in total. The van der Waals surface area contributed by atoms with Crippen LogP contribution >= 0.6 is 0 Å². The smallest absolute Gasteiger partial charge is 0.227 e. The molecule has 1 aliphatic rings. The first-order chi connectivity index (χ1) is 11.7. The zero-order chi connectivity index (χ0) is 16.3. The number of nitrogens with zero attached hydrogens (tertiary/aromatic N) is 4. The molecule has 0 bridgehead atoms. The first kappa shape index (κ1) is 13.4. The van der Waals surface area contributed by atoms with Gasteiger partial charge in [0.25, 0.3) is 0 Å². The number of aryl methyl sites for hydroxylation is 1. The Morgan fingerprint density at radius 2 is 1.88 bits per heavy atom. The molecule has 0 unspecified atom stereocenters. The van der Waals surface area contributed by atoms with Crippen LogP contribution in [0.1, 0.15) is 5.69 Å². The first-order valence-electron chi connectivity index (χ1n) is 7.95. The van der Waals surface area contributed by atoms with Crippen LogP contribution in [0.4, 0.5) is 17.2 Å². The quantitative estimate of drug-likeness (QED) is 0.526. The lowest BCUT2D eigenvalue weighted by atomic mass is 10.1. The molecule has 5 rings (SSSR count). The van der Waals surface area contributed by atoms with Crippen molar-refractivity contribution < 1.29 is 4.42 Å². The number of rotatable bonds is 1. The molecule has 0 atom stereocenters. The van der Waals surface area contributed by atoms with E-state index in [1.807, 2.05) is 25.3 Å². The van der Waals surface area contributed by atoms with Gasteiger partial charge in [-0.25, -0.2) is 9.97 Å². The summed E-state index contributed by atoms with van der Waals surface area (Å²) >= 11 is 0. The summed E-state index contributed by atoms with van der Waals surface area (Å²) in [4.78, 5) is 13.4. The zero-order valence-corrected chi connectivity index (χ0v) is 13.5. The second kappa shape index (κ2) is 4.71. The molecule has 0 radical (unpaired) electrons. The van der Waals surface area contributed by atoms with Crippen LogP contribution in [-0.2, 0) is 0 Å². The Morgan fingerprint density at radius 1 is 1.00 bits per heavy atom. The molecule has 1 aromatic carbocycles. The van der Waals surface area contributed by atoms with E-state index in [4.69, 9.17) is 4.42 Å². The third-order valence-electron chi connectivity index (χ3n) is 4.55. The highest BCUT2D eigenvalue weighted by Crippen LogP contribution is 2.42. The number of aromatic nitrogens is 2. The third kappa shape index (κ3) is 1.75. The maximum Gasteiger partial charge on any atom is 0.227 e. The highest BCUT2D eigenvalue weighted by Gasteiger charge is 2.27. The van der Waals surface area contributed by atoms with E-state index in [-0.39, 0.29) is 0 Å². The van der Waals surface area contributed by atoms with Crippen molar-refractivity contribution in [3.8, 4) is 0 Å². The molecule has 0 amide bonds.